The van der Waals surface area contributed by atoms with E-state index >= 15 is 0 Å². The molecule has 2 heterocycles. The summed E-state index contributed by atoms with van der Waals surface area (Å²) in [5.41, 5.74) is 0. The van der Waals surface area contributed by atoms with E-state index in [1.807, 2.05) is 0 Å². The van der Waals surface area contributed by atoms with Gasteiger partial charge in [-0.3, -0.25) is 21.3 Å². The predicted octanol–water partition coefficient (Wildman–Crippen LogP) is -0.994. The zero-order chi connectivity index (χ0) is 8.55. The van der Waals surface area contributed by atoms with Crippen LogP contribution in [0.1, 0.15) is 13.8 Å². The molecule has 2 aliphatic heterocycles. The van der Waals surface area contributed by atoms with Gasteiger partial charge in [0, 0.05) is 19.4 Å². The fourth-order valence-electron chi connectivity index (χ4n) is 2.13. The van der Waals surface area contributed by atoms with Crippen LogP contribution in [0.15, 0.2) is 0 Å². The molecule has 12 heavy (non-hydrogen) atoms. The van der Waals surface area contributed by atoms with Gasteiger partial charge in [0.2, 0.25) is 0 Å². The van der Waals surface area contributed by atoms with Gasteiger partial charge in [-0.25, -0.2) is 0 Å². The highest BCUT2D eigenvalue weighted by atomic mass is 15.4. The maximum absolute atomic E-state index is 3.48. The minimum absolute atomic E-state index is 0.457. The SMILES string of the molecule is CC(C)C1NCNC2NCNC21. The first kappa shape index (κ1) is 8.44. The molecule has 3 atom stereocenters. The van der Waals surface area contributed by atoms with Crippen LogP contribution in [0.2, 0.25) is 0 Å². The van der Waals surface area contributed by atoms with Crippen LogP contribution in [0.4, 0.5) is 0 Å². The van der Waals surface area contributed by atoms with Crippen molar-refractivity contribution in [3.05, 3.63) is 0 Å². The van der Waals surface area contributed by atoms with Crippen LogP contribution in [-0.4, -0.2) is 31.6 Å². The van der Waals surface area contributed by atoms with Crippen LogP contribution in [0.25, 0.3) is 0 Å². The molecule has 0 aromatic heterocycles. The summed E-state index contributed by atoms with van der Waals surface area (Å²) in [5, 5.41) is 13.7. The van der Waals surface area contributed by atoms with E-state index in [1.165, 1.54) is 0 Å². The Bertz CT molecular complexity index is 159. The third-order valence-corrected chi connectivity index (χ3v) is 2.78. The molecular weight excluding hydrogens is 152 g/mol. The zero-order valence-corrected chi connectivity index (χ0v) is 7.72. The van der Waals surface area contributed by atoms with Crippen LogP contribution in [0.3, 0.4) is 0 Å². The van der Waals surface area contributed by atoms with Gasteiger partial charge in [-0.05, 0) is 5.92 Å². The van der Waals surface area contributed by atoms with Crippen molar-refractivity contribution in [1.82, 2.24) is 21.3 Å². The molecule has 0 amide bonds. The van der Waals surface area contributed by atoms with E-state index in [0.717, 1.165) is 13.3 Å². The molecule has 0 aromatic carbocycles. The maximum atomic E-state index is 3.48. The van der Waals surface area contributed by atoms with Crippen LogP contribution in [-0.2, 0) is 0 Å². The molecule has 0 radical (unpaired) electrons. The van der Waals surface area contributed by atoms with E-state index in [9.17, 15) is 0 Å². The third kappa shape index (κ3) is 1.35. The summed E-state index contributed by atoms with van der Waals surface area (Å²) in [6, 6.07) is 1.13. The molecule has 70 valence electrons. The lowest BCUT2D eigenvalue weighted by Crippen LogP contribution is -2.65. The van der Waals surface area contributed by atoms with Crippen molar-refractivity contribution >= 4 is 0 Å². The fraction of sp³-hybridized carbons (Fsp3) is 1.00. The molecule has 0 spiro atoms. The highest BCUT2D eigenvalue weighted by Gasteiger charge is 2.36. The summed E-state index contributed by atoms with van der Waals surface area (Å²) in [4.78, 5) is 0. The standard InChI is InChI=1S/C8H18N4/c1-5(2)6-7-8(11-3-9-6)12-4-10-7/h5-12H,3-4H2,1-2H3. The summed E-state index contributed by atoms with van der Waals surface area (Å²) in [6.07, 6.45) is 0.457. The van der Waals surface area contributed by atoms with Gasteiger partial charge >= 0.3 is 0 Å². The summed E-state index contributed by atoms with van der Waals surface area (Å²) in [5.74, 6) is 0.687. The Morgan fingerprint density at radius 1 is 1.00 bits per heavy atom. The van der Waals surface area contributed by atoms with Crippen LogP contribution in [0.5, 0.6) is 0 Å². The lowest BCUT2D eigenvalue weighted by atomic mass is 9.94. The smallest absolute Gasteiger partial charge is 0.0765 e. The average Bonchev–Trinajstić information content (AvgIpc) is 2.49. The van der Waals surface area contributed by atoms with Crippen molar-refractivity contribution in [2.45, 2.75) is 32.1 Å². The molecular formula is C8H18N4. The Balaban J connectivity index is 2.03. The number of rotatable bonds is 1. The highest BCUT2D eigenvalue weighted by molar-refractivity contribution is 4.98. The Labute approximate surface area is 73.5 Å². The first-order valence-corrected chi connectivity index (χ1v) is 4.72. The quantitative estimate of drug-likeness (QED) is 0.408. The Kier molecular flexibility index (Phi) is 2.32. The maximum Gasteiger partial charge on any atom is 0.0765 e. The monoisotopic (exact) mass is 170 g/mol. The highest BCUT2D eigenvalue weighted by Crippen LogP contribution is 2.13. The molecule has 2 rings (SSSR count). The van der Waals surface area contributed by atoms with Gasteiger partial charge in [0.05, 0.1) is 12.2 Å². The van der Waals surface area contributed by atoms with Crippen LogP contribution in [0, 0.1) is 5.92 Å². The second kappa shape index (κ2) is 3.30. The summed E-state index contributed by atoms with van der Waals surface area (Å²) >= 11 is 0. The Hall–Kier alpha value is -0.160. The minimum Gasteiger partial charge on any atom is -0.300 e. The van der Waals surface area contributed by atoms with E-state index in [-0.39, 0.29) is 0 Å². The number of hydrogen-bond donors (Lipinski definition) is 4. The largest absolute Gasteiger partial charge is 0.300 e. The van der Waals surface area contributed by atoms with Crippen molar-refractivity contribution in [3.8, 4) is 0 Å². The minimum atomic E-state index is 0.457. The second-order valence-corrected chi connectivity index (χ2v) is 3.94. The van der Waals surface area contributed by atoms with Gasteiger partial charge in [-0.2, -0.15) is 0 Å². The molecule has 2 saturated heterocycles. The molecule has 0 aromatic rings. The first-order valence-electron chi connectivity index (χ1n) is 4.72. The molecule has 3 unspecified atom stereocenters. The number of nitrogens with one attached hydrogen (secondary N) is 4. The van der Waals surface area contributed by atoms with Crippen LogP contribution >= 0.6 is 0 Å². The molecule has 2 aliphatic rings. The van der Waals surface area contributed by atoms with E-state index in [2.05, 4.69) is 35.1 Å². The van der Waals surface area contributed by atoms with E-state index < -0.39 is 0 Å². The van der Waals surface area contributed by atoms with Crippen LogP contribution < -0.4 is 21.3 Å². The summed E-state index contributed by atoms with van der Waals surface area (Å²) in [7, 11) is 0. The molecule has 0 aliphatic carbocycles. The Morgan fingerprint density at radius 2 is 1.67 bits per heavy atom. The third-order valence-electron chi connectivity index (χ3n) is 2.78. The predicted molar refractivity (Wildman–Crippen MR) is 48.5 cm³/mol. The lowest BCUT2D eigenvalue weighted by molar-refractivity contribution is 0.224. The summed E-state index contributed by atoms with van der Waals surface area (Å²) < 4.78 is 0. The van der Waals surface area contributed by atoms with Gasteiger partial charge in [0.15, 0.2) is 0 Å². The molecule has 2 fully saturated rings. The van der Waals surface area contributed by atoms with Crippen molar-refractivity contribution < 1.29 is 0 Å². The van der Waals surface area contributed by atoms with Crippen molar-refractivity contribution in [2.24, 2.45) is 5.92 Å². The second-order valence-electron chi connectivity index (χ2n) is 3.94. The topological polar surface area (TPSA) is 48.1 Å². The molecule has 4 nitrogen and oxygen atoms in total. The fourth-order valence-corrected chi connectivity index (χ4v) is 2.13. The van der Waals surface area contributed by atoms with E-state index in [1.54, 1.807) is 0 Å². The van der Waals surface area contributed by atoms with Gasteiger partial charge in [-0.15, -0.1) is 0 Å². The molecule has 4 heteroatoms. The normalized spacial score (nSPS) is 41.8. The van der Waals surface area contributed by atoms with E-state index in [0.29, 0.717) is 24.2 Å². The zero-order valence-electron chi connectivity index (χ0n) is 7.72. The first-order chi connectivity index (χ1) is 5.79. The Morgan fingerprint density at radius 3 is 2.33 bits per heavy atom. The van der Waals surface area contributed by atoms with Crippen molar-refractivity contribution in [2.75, 3.05) is 13.3 Å². The van der Waals surface area contributed by atoms with Gasteiger partial charge in [0.1, 0.15) is 0 Å². The number of fused-ring (bicyclic) bond motifs is 1. The molecule has 4 N–H and O–H groups in total. The molecule has 0 bridgehead atoms. The van der Waals surface area contributed by atoms with Gasteiger partial charge in [0.25, 0.3) is 0 Å². The van der Waals surface area contributed by atoms with Gasteiger partial charge < -0.3 is 0 Å². The number of hydrogen-bond acceptors (Lipinski definition) is 4. The van der Waals surface area contributed by atoms with Gasteiger partial charge in [-0.1, -0.05) is 13.8 Å². The molecule has 0 saturated carbocycles. The van der Waals surface area contributed by atoms with Crippen molar-refractivity contribution in [3.63, 3.8) is 0 Å². The van der Waals surface area contributed by atoms with Crippen molar-refractivity contribution in [1.29, 1.82) is 0 Å². The summed E-state index contributed by atoms with van der Waals surface area (Å²) in [6.45, 7) is 6.37. The van der Waals surface area contributed by atoms with E-state index in [4.69, 9.17) is 0 Å². The average molecular weight is 170 g/mol. The lowest BCUT2D eigenvalue weighted by Gasteiger charge is -2.37.